The van der Waals surface area contributed by atoms with Crippen LogP contribution in [0.15, 0.2) is 47.4 Å². The molecule has 2 rings (SSSR count). The number of thioether (sulfide) groups is 1. The average molecular weight is 322 g/mol. The van der Waals surface area contributed by atoms with Crippen molar-refractivity contribution in [1.29, 1.82) is 0 Å². The molecular formula is C15H12F2N2O2S. The van der Waals surface area contributed by atoms with Crippen molar-refractivity contribution < 1.29 is 18.4 Å². The molecule has 7 heteroatoms. The molecule has 0 heterocycles. The highest BCUT2D eigenvalue weighted by Crippen LogP contribution is 2.22. The Labute approximate surface area is 129 Å². The SMILES string of the molecule is NC(=O)c1ccc(NC(=O)CSc2cc(F)ccc2F)cc1. The van der Waals surface area contributed by atoms with Crippen LogP contribution in [-0.4, -0.2) is 17.6 Å². The molecule has 0 aliphatic heterocycles. The summed E-state index contributed by atoms with van der Waals surface area (Å²) in [5.74, 6) is -2.15. The van der Waals surface area contributed by atoms with Gasteiger partial charge in [-0.1, -0.05) is 0 Å². The van der Waals surface area contributed by atoms with Gasteiger partial charge in [-0.25, -0.2) is 8.78 Å². The van der Waals surface area contributed by atoms with E-state index >= 15 is 0 Å². The van der Waals surface area contributed by atoms with Crippen LogP contribution < -0.4 is 11.1 Å². The maximum atomic E-state index is 13.4. The summed E-state index contributed by atoms with van der Waals surface area (Å²) in [5, 5.41) is 2.58. The van der Waals surface area contributed by atoms with Gasteiger partial charge in [0, 0.05) is 16.1 Å². The summed E-state index contributed by atoms with van der Waals surface area (Å²) in [6, 6.07) is 9.10. The second kappa shape index (κ2) is 7.04. The molecular weight excluding hydrogens is 310 g/mol. The normalized spacial score (nSPS) is 10.3. The second-order valence-corrected chi connectivity index (χ2v) is 5.37. The average Bonchev–Trinajstić information content (AvgIpc) is 2.49. The fourth-order valence-corrected chi connectivity index (χ4v) is 2.41. The first kappa shape index (κ1) is 16.0. The summed E-state index contributed by atoms with van der Waals surface area (Å²) in [4.78, 5) is 22.7. The lowest BCUT2D eigenvalue weighted by molar-refractivity contribution is -0.113. The van der Waals surface area contributed by atoms with Crippen LogP contribution in [-0.2, 0) is 4.79 Å². The zero-order valence-corrected chi connectivity index (χ0v) is 12.1. The number of nitrogens with two attached hydrogens (primary N) is 1. The fourth-order valence-electron chi connectivity index (χ4n) is 1.65. The molecule has 0 atom stereocenters. The van der Waals surface area contributed by atoms with E-state index < -0.39 is 17.5 Å². The van der Waals surface area contributed by atoms with Crippen LogP contribution >= 0.6 is 11.8 Å². The van der Waals surface area contributed by atoms with Crippen LogP contribution in [0.5, 0.6) is 0 Å². The third kappa shape index (κ3) is 4.29. The van der Waals surface area contributed by atoms with Crippen LogP contribution in [0.3, 0.4) is 0 Å². The van der Waals surface area contributed by atoms with Gasteiger partial charge in [-0.3, -0.25) is 9.59 Å². The lowest BCUT2D eigenvalue weighted by Crippen LogP contribution is -2.15. The Morgan fingerprint density at radius 2 is 1.77 bits per heavy atom. The maximum Gasteiger partial charge on any atom is 0.248 e. The maximum absolute atomic E-state index is 13.4. The van der Waals surface area contributed by atoms with Crippen LogP contribution in [0.1, 0.15) is 10.4 Å². The Morgan fingerprint density at radius 3 is 2.41 bits per heavy atom. The minimum absolute atomic E-state index is 0.0687. The first-order chi connectivity index (χ1) is 10.5. The lowest BCUT2D eigenvalue weighted by Gasteiger charge is -2.06. The van der Waals surface area contributed by atoms with Crippen molar-refractivity contribution in [3.63, 3.8) is 0 Å². The zero-order valence-electron chi connectivity index (χ0n) is 11.3. The van der Waals surface area contributed by atoms with Gasteiger partial charge in [0.2, 0.25) is 11.8 Å². The van der Waals surface area contributed by atoms with E-state index in [0.717, 1.165) is 30.0 Å². The van der Waals surface area contributed by atoms with Crippen molar-refractivity contribution in [1.82, 2.24) is 0 Å². The predicted molar refractivity (Wildman–Crippen MR) is 80.7 cm³/mol. The van der Waals surface area contributed by atoms with E-state index in [0.29, 0.717) is 11.3 Å². The predicted octanol–water partition coefficient (Wildman–Crippen LogP) is 2.79. The number of carbonyl (C=O) groups is 2. The number of amides is 2. The lowest BCUT2D eigenvalue weighted by atomic mass is 10.2. The number of rotatable bonds is 5. The van der Waals surface area contributed by atoms with E-state index in [-0.39, 0.29) is 16.6 Å². The minimum atomic E-state index is -0.579. The van der Waals surface area contributed by atoms with Crippen LogP contribution in [0.2, 0.25) is 0 Å². The van der Waals surface area contributed by atoms with E-state index in [2.05, 4.69) is 5.32 Å². The third-order valence-corrected chi connectivity index (χ3v) is 3.74. The topological polar surface area (TPSA) is 72.2 Å². The van der Waals surface area contributed by atoms with Crippen LogP contribution in [0, 0.1) is 11.6 Å². The quantitative estimate of drug-likeness (QED) is 0.832. The molecule has 2 aromatic carbocycles. The van der Waals surface area contributed by atoms with Crippen molar-refractivity contribution in [3.05, 3.63) is 59.7 Å². The highest BCUT2D eigenvalue weighted by Gasteiger charge is 2.09. The summed E-state index contributed by atoms with van der Waals surface area (Å²) < 4.78 is 26.4. The van der Waals surface area contributed by atoms with Gasteiger partial charge >= 0.3 is 0 Å². The molecule has 0 aliphatic rings. The Hall–Kier alpha value is -2.41. The summed E-state index contributed by atoms with van der Waals surface area (Å²) in [5.41, 5.74) is 5.92. The second-order valence-electron chi connectivity index (χ2n) is 4.35. The van der Waals surface area contributed by atoms with Gasteiger partial charge < -0.3 is 11.1 Å². The fraction of sp³-hybridized carbons (Fsp3) is 0.0667. The number of benzene rings is 2. The van der Waals surface area contributed by atoms with E-state index in [9.17, 15) is 18.4 Å². The number of nitrogens with one attached hydrogen (secondary N) is 1. The Morgan fingerprint density at radius 1 is 1.09 bits per heavy atom. The smallest absolute Gasteiger partial charge is 0.248 e. The molecule has 114 valence electrons. The molecule has 0 saturated carbocycles. The van der Waals surface area contributed by atoms with Gasteiger partial charge in [0.05, 0.1) is 5.75 Å². The van der Waals surface area contributed by atoms with Crippen molar-refractivity contribution in [2.75, 3.05) is 11.1 Å². The molecule has 0 aromatic heterocycles. The van der Waals surface area contributed by atoms with Crippen LogP contribution in [0.25, 0.3) is 0 Å². The molecule has 22 heavy (non-hydrogen) atoms. The number of anilines is 1. The van der Waals surface area contributed by atoms with Gasteiger partial charge in [0.25, 0.3) is 0 Å². The first-order valence-corrected chi connectivity index (χ1v) is 7.22. The van der Waals surface area contributed by atoms with E-state index in [1.807, 2.05) is 0 Å². The molecule has 2 amide bonds. The molecule has 0 bridgehead atoms. The molecule has 0 aliphatic carbocycles. The Bertz CT molecular complexity index is 705. The summed E-state index contributed by atoms with van der Waals surface area (Å²) in [6.07, 6.45) is 0. The van der Waals surface area contributed by atoms with Gasteiger partial charge in [-0.05, 0) is 42.5 Å². The Kier molecular flexibility index (Phi) is 5.11. The molecule has 3 N–H and O–H groups in total. The Balaban J connectivity index is 1.92. The van der Waals surface area contributed by atoms with E-state index in [1.165, 1.54) is 24.3 Å². The number of hydrogen-bond donors (Lipinski definition) is 2. The summed E-state index contributed by atoms with van der Waals surface area (Å²) >= 11 is 0.895. The highest BCUT2D eigenvalue weighted by molar-refractivity contribution is 8.00. The molecule has 0 fully saturated rings. The van der Waals surface area contributed by atoms with Crippen molar-refractivity contribution >= 4 is 29.3 Å². The monoisotopic (exact) mass is 322 g/mol. The molecule has 0 spiro atoms. The highest BCUT2D eigenvalue weighted by atomic mass is 32.2. The van der Waals surface area contributed by atoms with E-state index in [1.54, 1.807) is 0 Å². The van der Waals surface area contributed by atoms with Gasteiger partial charge in [0.15, 0.2) is 0 Å². The molecule has 0 saturated heterocycles. The number of hydrogen-bond acceptors (Lipinski definition) is 3. The number of primary amides is 1. The van der Waals surface area contributed by atoms with Gasteiger partial charge in [0.1, 0.15) is 11.6 Å². The van der Waals surface area contributed by atoms with Gasteiger partial charge in [-0.15, -0.1) is 11.8 Å². The molecule has 4 nitrogen and oxygen atoms in total. The summed E-state index contributed by atoms with van der Waals surface area (Å²) in [7, 11) is 0. The van der Waals surface area contributed by atoms with Crippen molar-refractivity contribution in [2.24, 2.45) is 5.73 Å². The third-order valence-electron chi connectivity index (χ3n) is 2.71. The largest absolute Gasteiger partial charge is 0.366 e. The molecule has 2 aromatic rings. The van der Waals surface area contributed by atoms with Crippen molar-refractivity contribution in [2.45, 2.75) is 4.90 Å². The summed E-state index contributed by atoms with van der Waals surface area (Å²) in [6.45, 7) is 0. The zero-order chi connectivity index (χ0) is 16.1. The molecule has 0 unspecified atom stereocenters. The minimum Gasteiger partial charge on any atom is -0.366 e. The van der Waals surface area contributed by atoms with Gasteiger partial charge in [-0.2, -0.15) is 0 Å². The number of carbonyl (C=O) groups excluding carboxylic acids is 2. The molecule has 0 radical (unpaired) electrons. The van der Waals surface area contributed by atoms with Crippen molar-refractivity contribution in [3.8, 4) is 0 Å². The first-order valence-electron chi connectivity index (χ1n) is 6.23. The van der Waals surface area contributed by atoms with E-state index in [4.69, 9.17) is 5.73 Å². The number of halogens is 2. The standard InChI is InChI=1S/C15H12F2N2O2S/c16-10-3-6-12(17)13(7-10)22-8-14(20)19-11-4-1-9(2-5-11)15(18)21/h1-7H,8H2,(H2,18,21)(H,19,20). The van der Waals surface area contributed by atoms with Crippen LogP contribution in [0.4, 0.5) is 14.5 Å².